The van der Waals surface area contributed by atoms with Crippen molar-refractivity contribution >= 4 is 11.3 Å². The van der Waals surface area contributed by atoms with E-state index in [2.05, 4.69) is 35.6 Å². The highest BCUT2D eigenvalue weighted by Crippen LogP contribution is 2.17. The molecule has 2 heterocycles. The molecule has 2 rings (SSSR count). The van der Waals surface area contributed by atoms with E-state index in [0.29, 0.717) is 0 Å². The van der Waals surface area contributed by atoms with Crippen molar-refractivity contribution in [2.45, 2.75) is 32.2 Å². The van der Waals surface area contributed by atoms with Gasteiger partial charge in [0.1, 0.15) is 0 Å². The molecule has 0 spiro atoms. The number of rotatable bonds is 4. The molecule has 1 saturated heterocycles. The SMILES string of the molecule is Cc1ccsc1CCN(C)C1CCNCC1. The fourth-order valence-electron chi connectivity index (χ4n) is 2.37. The number of thiophene rings is 1. The van der Waals surface area contributed by atoms with Gasteiger partial charge in [-0.1, -0.05) is 0 Å². The molecule has 1 N–H and O–H groups in total. The zero-order chi connectivity index (χ0) is 11.4. The third-order valence-corrected chi connectivity index (χ3v) is 4.67. The molecule has 16 heavy (non-hydrogen) atoms. The first-order chi connectivity index (χ1) is 7.77. The van der Waals surface area contributed by atoms with Gasteiger partial charge in [0.05, 0.1) is 0 Å². The lowest BCUT2D eigenvalue weighted by Gasteiger charge is -2.31. The van der Waals surface area contributed by atoms with Gasteiger partial charge in [0.15, 0.2) is 0 Å². The summed E-state index contributed by atoms with van der Waals surface area (Å²) in [6.07, 6.45) is 3.82. The van der Waals surface area contributed by atoms with Crippen molar-refractivity contribution in [1.82, 2.24) is 10.2 Å². The first-order valence-corrected chi connectivity index (χ1v) is 7.09. The van der Waals surface area contributed by atoms with Crippen LogP contribution in [0.15, 0.2) is 11.4 Å². The first kappa shape index (κ1) is 12.1. The minimum atomic E-state index is 0.793. The van der Waals surface area contributed by atoms with Gasteiger partial charge in [0.25, 0.3) is 0 Å². The van der Waals surface area contributed by atoms with Gasteiger partial charge >= 0.3 is 0 Å². The summed E-state index contributed by atoms with van der Waals surface area (Å²) in [5.74, 6) is 0. The first-order valence-electron chi connectivity index (χ1n) is 6.21. The third-order valence-electron chi connectivity index (χ3n) is 3.59. The predicted molar refractivity (Wildman–Crippen MR) is 71.3 cm³/mol. The highest BCUT2D eigenvalue weighted by Gasteiger charge is 2.17. The molecule has 2 nitrogen and oxygen atoms in total. The molecule has 0 radical (unpaired) electrons. The normalized spacial score (nSPS) is 18.2. The van der Waals surface area contributed by atoms with E-state index in [4.69, 9.17) is 0 Å². The summed E-state index contributed by atoms with van der Waals surface area (Å²) < 4.78 is 0. The predicted octanol–water partition coefficient (Wildman–Crippen LogP) is 2.28. The Kier molecular flexibility index (Phi) is 4.38. The zero-order valence-corrected chi connectivity index (χ0v) is 11.1. The number of nitrogens with one attached hydrogen (secondary N) is 1. The van der Waals surface area contributed by atoms with Crippen molar-refractivity contribution in [1.29, 1.82) is 0 Å². The summed E-state index contributed by atoms with van der Waals surface area (Å²) in [7, 11) is 2.28. The van der Waals surface area contributed by atoms with Gasteiger partial charge in [0, 0.05) is 17.5 Å². The van der Waals surface area contributed by atoms with Crippen LogP contribution in [-0.2, 0) is 6.42 Å². The van der Waals surface area contributed by atoms with Crippen molar-refractivity contribution < 1.29 is 0 Å². The Morgan fingerprint density at radius 1 is 1.44 bits per heavy atom. The monoisotopic (exact) mass is 238 g/mol. The maximum atomic E-state index is 3.42. The van der Waals surface area contributed by atoms with Crippen molar-refractivity contribution in [2.75, 3.05) is 26.7 Å². The van der Waals surface area contributed by atoms with E-state index in [1.54, 1.807) is 4.88 Å². The summed E-state index contributed by atoms with van der Waals surface area (Å²) in [6, 6.07) is 3.02. The molecule has 1 aromatic rings. The van der Waals surface area contributed by atoms with Crippen molar-refractivity contribution in [2.24, 2.45) is 0 Å². The molecule has 1 aliphatic rings. The smallest absolute Gasteiger partial charge is 0.0116 e. The van der Waals surface area contributed by atoms with Crippen LogP contribution in [0.1, 0.15) is 23.3 Å². The second-order valence-corrected chi connectivity index (χ2v) is 5.74. The van der Waals surface area contributed by atoms with Crippen molar-refractivity contribution in [3.63, 3.8) is 0 Å². The molecule has 0 saturated carbocycles. The molecule has 0 bridgehead atoms. The van der Waals surface area contributed by atoms with Crippen LogP contribution in [0.5, 0.6) is 0 Å². The van der Waals surface area contributed by atoms with Crippen molar-refractivity contribution in [3.8, 4) is 0 Å². The van der Waals surface area contributed by atoms with Crippen LogP contribution >= 0.6 is 11.3 Å². The van der Waals surface area contributed by atoms with Crippen LogP contribution in [-0.4, -0.2) is 37.6 Å². The average Bonchev–Trinajstić information content (AvgIpc) is 2.73. The van der Waals surface area contributed by atoms with E-state index in [9.17, 15) is 0 Å². The van der Waals surface area contributed by atoms with E-state index < -0.39 is 0 Å². The van der Waals surface area contributed by atoms with E-state index in [1.165, 1.54) is 44.5 Å². The van der Waals surface area contributed by atoms with Crippen LogP contribution in [0, 0.1) is 6.92 Å². The molecule has 3 heteroatoms. The minimum absolute atomic E-state index is 0.793. The largest absolute Gasteiger partial charge is 0.317 e. The summed E-state index contributed by atoms with van der Waals surface area (Å²) >= 11 is 1.90. The molecular formula is C13H22N2S. The quantitative estimate of drug-likeness (QED) is 0.866. The molecule has 0 unspecified atom stereocenters. The number of nitrogens with zero attached hydrogens (tertiary/aromatic N) is 1. The Bertz CT molecular complexity index is 315. The Morgan fingerprint density at radius 2 is 2.19 bits per heavy atom. The summed E-state index contributed by atoms with van der Waals surface area (Å²) in [4.78, 5) is 4.10. The highest BCUT2D eigenvalue weighted by atomic mass is 32.1. The Hall–Kier alpha value is -0.380. The lowest BCUT2D eigenvalue weighted by molar-refractivity contribution is 0.201. The summed E-state index contributed by atoms with van der Waals surface area (Å²) in [5, 5.41) is 5.63. The highest BCUT2D eigenvalue weighted by molar-refractivity contribution is 7.10. The summed E-state index contributed by atoms with van der Waals surface area (Å²) in [6.45, 7) is 5.79. The fourth-order valence-corrected chi connectivity index (χ4v) is 3.27. The molecule has 1 fully saturated rings. The second kappa shape index (κ2) is 5.80. The molecule has 1 aliphatic heterocycles. The van der Waals surface area contributed by atoms with E-state index >= 15 is 0 Å². The zero-order valence-electron chi connectivity index (χ0n) is 10.3. The maximum absolute atomic E-state index is 3.42. The van der Waals surface area contributed by atoms with Crippen LogP contribution in [0.2, 0.25) is 0 Å². The Balaban J connectivity index is 1.78. The topological polar surface area (TPSA) is 15.3 Å². The number of hydrogen-bond donors (Lipinski definition) is 1. The fraction of sp³-hybridized carbons (Fsp3) is 0.692. The van der Waals surface area contributed by atoms with E-state index in [1.807, 2.05) is 11.3 Å². The van der Waals surface area contributed by atoms with E-state index in [0.717, 1.165) is 6.04 Å². The molecule has 0 atom stereocenters. The average molecular weight is 238 g/mol. The lowest BCUT2D eigenvalue weighted by atomic mass is 10.1. The van der Waals surface area contributed by atoms with Gasteiger partial charge in [-0.25, -0.2) is 0 Å². The molecule has 0 aliphatic carbocycles. The van der Waals surface area contributed by atoms with Gasteiger partial charge in [0.2, 0.25) is 0 Å². The van der Waals surface area contributed by atoms with Crippen molar-refractivity contribution in [3.05, 3.63) is 21.9 Å². The van der Waals surface area contributed by atoms with Crippen LogP contribution in [0.25, 0.3) is 0 Å². The van der Waals surface area contributed by atoms with Gasteiger partial charge < -0.3 is 10.2 Å². The van der Waals surface area contributed by atoms with Gasteiger partial charge in [-0.2, -0.15) is 0 Å². The van der Waals surface area contributed by atoms with Crippen LogP contribution < -0.4 is 5.32 Å². The van der Waals surface area contributed by atoms with Gasteiger partial charge in [-0.15, -0.1) is 11.3 Å². The maximum Gasteiger partial charge on any atom is 0.0116 e. The van der Waals surface area contributed by atoms with Crippen LogP contribution in [0.3, 0.4) is 0 Å². The van der Waals surface area contributed by atoms with Gasteiger partial charge in [-0.3, -0.25) is 0 Å². The van der Waals surface area contributed by atoms with E-state index in [-0.39, 0.29) is 0 Å². The Morgan fingerprint density at radius 3 is 2.81 bits per heavy atom. The lowest BCUT2D eigenvalue weighted by Crippen LogP contribution is -2.41. The van der Waals surface area contributed by atoms with Crippen LogP contribution in [0.4, 0.5) is 0 Å². The number of piperidine rings is 1. The molecular weight excluding hydrogens is 216 g/mol. The van der Waals surface area contributed by atoms with Gasteiger partial charge in [-0.05, 0) is 63.3 Å². The Labute approximate surface area is 103 Å². The number of hydrogen-bond acceptors (Lipinski definition) is 3. The number of likely N-dealkylation sites (N-methyl/N-ethyl adjacent to an activating group) is 1. The third kappa shape index (κ3) is 3.06. The molecule has 1 aromatic heterocycles. The minimum Gasteiger partial charge on any atom is -0.317 e. The second-order valence-electron chi connectivity index (χ2n) is 4.74. The standard InChI is InChI=1S/C13H22N2S/c1-11-6-10-16-13(11)5-9-15(2)12-3-7-14-8-4-12/h6,10,12,14H,3-5,7-9H2,1-2H3. The number of aryl methyl sites for hydroxylation is 1. The molecule has 0 amide bonds. The summed E-state index contributed by atoms with van der Waals surface area (Å²) in [5.41, 5.74) is 1.46. The molecule has 90 valence electrons. The molecule has 0 aromatic carbocycles.